The molecule has 26 heavy (non-hydrogen) atoms. The molecule has 1 aromatic rings. The van der Waals surface area contributed by atoms with Crippen molar-refractivity contribution in [2.24, 2.45) is 5.73 Å². The van der Waals surface area contributed by atoms with Gasteiger partial charge in [0.2, 0.25) is 5.91 Å². The van der Waals surface area contributed by atoms with E-state index in [0.717, 1.165) is 12.1 Å². The van der Waals surface area contributed by atoms with Gasteiger partial charge in [-0.3, -0.25) is 14.9 Å². The van der Waals surface area contributed by atoms with E-state index in [9.17, 15) is 28.1 Å². The molecule has 1 heterocycles. The molecule has 7 nitrogen and oxygen atoms in total. The zero-order chi connectivity index (χ0) is 18.6. The van der Waals surface area contributed by atoms with Crippen molar-refractivity contribution in [2.45, 2.75) is 19.0 Å². The third-order valence-electron chi connectivity index (χ3n) is 4.07. The van der Waals surface area contributed by atoms with E-state index < -0.39 is 22.4 Å². The van der Waals surface area contributed by atoms with Gasteiger partial charge in [0.05, 0.1) is 10.5 Å². The van der Waals surface area contributed by atoms with Crippen molar-refractivity contribution in [3.05, 3.63) is 33.9 Å². The number of piperazine rings is 1. The lowest BCUT2D eigenvalue weighted by Crippen LogP contribution is -2.49. The van der Waals surface area contributed by atoms with Crippen LogP contribution in [0.4, 0.5) is 24.5 Å². The average molecular weight is 397 g/mol. The topological polar surface area (TPSA) is 92.7 Å². The number of anilines is 1. The van der Waals surface area contributed by atoms with Crippen LogP contribution >= 0.6 is 12.4 Å². The average Bonchev–Trinajstić information content (AvgIpc) is 2.58. The molecule has 1 fully saturated rings. The van der Waals surface area contributed by atoms with Gasteiger partial charge >= 0.3 is 6.18 Å². The molecule has 0 bridgehead atoms. The van der Waals surface area contributed by atoms with Crippen molar-refractivity contribution >= 4 is 29.7 Å². The van der Waals surface area contributed by atoms with Crippen LogP contribution in [0.2, 0.25) is 0 Å². The van der Waals surface area contributed by atoms with E-state index in [1.807, 2.05) is 0 Å². The van der Waals surface area contributed by atoms with Crippen LogP contribution in [0.25, 0.3) is 0 Å². The molecule has 146 valence electrons. The van der Waals surface area contributed by atoms with Gasteiger partial charge in [-0.1, -0.05) is 0 Å². The fourth-order valence-corrected chi connectivity index (χ4v) is 2.72. The van der Waals surface area contributed by atoms with Crippen LogP contribution < -0.4 is 10.6 Å². The summed E-state index contributed by atoms with van der Waals surface area (Å²) < 4.78 is 38.3. The molecular weight excluding hydrogens is 377 g/mol. The fourth-order valence-electron chi connectivity index (χ4n) is 2.72. The maximum absolute atomic E-state index is 12.8. The van der Waals surface area contributed by atoms with Crippen molar-refractivity contribution in [3.63, 3.8) is 0 Å². The first kappa shape index (κ1) is 22.0. The van der Waals surface area contributed by atoms with Crippen LogP contribution in [-0.4, -0.2) is 48.5 Å². The lowest BCUT2D eigenvalue weighted by atomic mass is 10.1. The van der Waals surface area contributed by atoms with E-state index in [0.29, 0.717) is 51.6 Å². The Morgan fingerprint density at radius 1 is 1.23 bits per heavy atom. The monoisotopic (exact) mass is 396 g/mol. The third-order valence-corrected chi connectivity index (χ3v) is 4.07. The number of carbonyl (C=O) groups is 1. The molecule has 0 atom stereocenters. The SMILES string of the molecule is Cl.NCCCC(=O)N1CCN(c2ccc(C(F)(F)F)cc2[N+](=O)[O-])CC1. The van der Waals surface area contributed by atoms with E-state index >= 15 is 0 Å². The Morgan fingerprint density at radius 3 is 2.35 bits per heavy atom. The minimum Gasteiger partial charge on any atom is -0.362 e. The van der Waals surface area contributed by atoms with E-state index in [2.05, 4.69) is 0 Å². The van der Waals surface area contributed by atoms with Gasteiger partial charge in [-0.25, -0.2) is 0 Å². The molecule has 1 saturated heterocycles. The van der Waals surface area contributed by atoms with Gasteiger partial charge in [0.25, 0.3) is 5.69 Å². The second-order valence-corrected chi connectivity index (χ2v) is 5.72. The molecule has 1 amide bonds. The maximum atomic E-state index is 12.8. The van der Waals surface area contributed by atoms with Crippen molar-refractivity contribution in [2.75, 3.05) is 37.6 Å². The van der Waals surface area contributed by atoms with Crippen molar-refractivity contribution in [1.29, 1.82) is 0 Å². The van der Waals surface area contributed by atoms with Gasteiger partial charge in [0.15, 0.2) is 0 Å². The van der Waals surface area contributed by atoms with Crippen LogP contribution in [-0.2, 0) is 11.0 Å². The largest absolute Gasteiger partial charge is 0.416 e. The number of nitrogens with two attached hydrogens (primary N) is 1. The highest BCUT2D eigenvalue weighted by Crippen LogP contribution is 2.36. The second-order valence-electron chi connectivity index (χ2n) is 5.72. The first-order chi connectivity index (χ1) is 11.7. The summed E-state index contributed by atoms with van der Waals surface area (Å²) in [6.45, 7) is 1.79. The number of halogens is 4. The molecule has 2 rings (SSSR count). The second kappa shape index (κ2) is 9.04. The Kier molecular flexibility index (Phi) is 7.64. The number of amides is 1. The Labute approximate surface area is 154 Å². The first-order valence-corrected chi connectivity index (χ1v) is 7.82. The standard InChI is InChI=1S/C15H19F3N4O3.ClH/c16-15(17,18)11-3-4-12(13(10-11)22(24)25)20-6-8-21(9-7-20)14(23)2-1-5-19;/h3-4,10H,1-2,5-9,19H2;1H. The predicted molar refractivity (Wildman–Crippen MR) is 92.4 cm³/mol. The van der Waals surface area contributed by atoms with E-state index in [1.165, 1.54) is 0 Å². The highest BCUT2D eigenvalue weighted by atomic mass is 35.5. The number of carbonyl (C=O) groups excluding carboxylic acids is 1. The van der Waals surface area contributed by atoms with Gasteiger partial charge in [-0.05, 0) is 25.1 Å². The Bertz CT molecular complexity index is 650. The van der Waals surface area contributed by atoms with Crippen LogP contribution in [0.1, 0.15) is 18.4 Å². The zero-order valence-electron chi connectivity index (χ0n) is 13.9. The highest BCUT2D eigenvalue weighted by molar-refractivity contribution is 5.85. The number of nitrogens with zero attached hydrogens (tertiary/aromatic N) is 3. The molecule has 0 radical (unpaired) electrons. The molecule has 1 aliphatic heterocycles. The maximum Gasteiger partial charge on any atom is 0.416 e. The van der Waals surface area contributed by atoms with Crippen LogP contribution in [0.15, 0.2) is 18.2 Å². The molecule has 0 unspecified atom stereocenters. The van der Waals surface area contributed by atoms with Gasteiger partial charge in [-0.15, -0.1) is 12.4 Å². The Balaban J connectivity index is 0.00000338. The quantitative estimate of drug-likeness (QED) is 0.609. The normalized spacial score (nSPS) is 14.8. The van der Waals surface area contributed by atoms with E-state index in [-0.39, 0.29) is 24.0 Å². The number of hydrogen-bond donors (Lipinski definition) is 1. The van der Waals surface area contributed by atoms with Crippen LogP contribution in [0.5, 0.6) is 0 Å². The lowest BCUT2D eigenvalue weighted by Gasteiger charge is -2.36. The minimum atomic E-state index is -4.64. The minimum absolute atomic E-state index is 0. The molecule has 0 saturated carbocycles. The molecule has 0 aliphatic carbocycles. The van der Waals surface area contributed by atoms with Crippen LogP contribution in [0.3, 0.4) is 0 Å². The van der Waals surface area contributed by atoms with Crippen molar-refractivity contribution in [1.82, 2.24) is 4.90 Å². The number of rotatable bonds is 5. The van der Waals surface area contributed by atoms with Gasteiger partial charge in [-0.2, -0.15) is 13.2 Å². The highest BCUT2D eigenvalue weighted by Gasteiger charge is 2.34. The summed E-state index contributed by atoms with van der Waals surface area (Å²) in [4.78, 5) is 25.6. The number of benzene rings is 1. The Hall–Kier alpha value is -2.07. The summed E-state index contributed by atoms with van der Waals surface area (Å²) in [5.74, 6) is -0.0352. The van der Waals surface area contributed by atoms with Gasteiger partial charge in [0, 0.05) is 38.7 Å². The van der Waals surface area contributed by atoms with Crippen molar-refractivity contribution in [3.8, 4) is 0 Å². The molecular formula is C15H20ClF3N4O3. The van der Waals surface area contributed by atoms with Crippen LogP contribution in [0, 0.1) is 10.1 Å². The molecule has 1 aromatic carbocycles. The molecule has 2 N–H and O–H groups in total. The predicted octanol–water partition coefficient (Wildman–Crippen LogP) is 2.42. The number of nitro groups is 1. The zero-order valence-corrected chi connectivity index (χ0v) is 14.7. The smallest absolute Gasteiger partial charge is 0.362 e. The number of hydrogen-bond acceptors (Lipinski definition) is 5. The van der Waals surface area contributed by atoms with Crippen molar-refractivity contribution < 1.29 is 22.9 Å². The fraction of sp³-hybridized carbons (Fsp3) is 0.533. The number of alkyl halides is 3. The molecule has 0 spiro atoms. The van der Waals surface area contributed by atoms with E-state index in [4.69, 9.17) is 5.73 Å². The first-order valence-electron chi connectivity index (χ1n) is 7.82. The summed E-state index contributed by atoms with van der Waals surface area (Å²) in [5, 5.41) is 11.2. The summed E-state index contributed by atoms with van der Waals surface area (Å²) in [6.07, 6.45) is -3.71. The lowest BCUT2D eigenvalue weighted by molar-refractivity contribution is -0.384. The summed E-state index contributed by atoms with van der Waals surface area (Å²) in [5.41, 5.74) is 3.86. The summed E-state index contributed by atoms with van der Waals surface area (Å²) in [7, 11) is 0. The number of nitro benzene ring substituents is 1. The molecule has 0 aromatic heterocycles. The molecule has 11 heteroatoms. The van der Waals surface area contributed by atoms with Gasteiger partial charge in [0.1, 0.15) is 5.69 Å². The third kappa shape index (κ3) is 5.21. The molecule has 1 aliphatic rings. The van der Waals surface area contributed by atoms with E-state index in [1.54, 1.807) is 9.80 Å². The Morgan fingerprint density at radius 2 is 1.85 bits per heavy atom. The summed E-state index contributed by atoms with van der Waals surface area (Å²) in [6, 6.07) is 2.50. The summed E-state index contributed by atoms with van der Waals surface area (Å²) >= 11 is 0. The van der Waals surface area contributed by atoms with Gasteiger partial charge < -0.3 is 15.5 Å².